The first-order valence-corrected chi connectivity index (χ1v) is 8.88. The molecule has 2 N–H and O–H groups in total. The number of rotatable bonds is 4. The number of hydrogen-bond donors (Lipinski definition) is 2. The SMILES string of the molecule is CN1CCC(C(=O)Nc2cc(Oc3ccc4[nH]ccc4c3)ccn2)CC1. The van der Waals surface area contributed by atoms with Crippen molar-refractivity contribution in [3.05, 3.63) is 48.8 Å². The van der Waals surface area contributed by atoms with Gasteiger partial charge in [-0.1, -0.05) is 0 Å². The molecule has 0 atom stereocenters. The average molecular weight is 350 g/mol. The lowest BCUT2D eigenvalue weighted by atomic mass is 9.96. The topological polar surface area (TPSA) is 70.2 Å². The van der Waals surface area contributed by atoms with Crippen LogP contribution in [0.1, 0.15) is 12.8 Å². The zero-order chi connectivity index (χ0) is 17.9. The summed E-state index contributed by atoms with van der Waals surface area (Å²) >= 11 is 0. The van der Waals surface area contributed by atoms with E-state index in [4.69, 9.17) is 4.74 Å². The Kier molecular flexibility index (Phi) is 4.58. The van der Waals surface area contributed by atoms with Crippen molar-refractivity contribution in [2.45, 2.75) is 12.8 Å². The van der Waals surface area contributed by atoms with Crippen LogP contribution in [0.25, 0.3) is 10.9 Å². The molecule has 1 amide bonds. The Morgan fingerprint density at radius 1 is 1.19 bits per heavy atom. The number of amides is 1. The molecule has 0 radical (unpaired) electrons. The number of nitrogens with zero attached hydrogens (tertiary/aromatic N) is 2. The largest absolute Gasteiger partial charge is 0.457 e. The second-order valence-corrected chi connectivity index (χ2v) is 6.77. The third-order valence-corrected chi connectivity index (χ3v) is 4.83. The van der Waals surface area contributed by atoms with Crippen LogP contribution >= 0.6 is 0 Å². The second kappa shape index (κ2) is 7.17. The fourth-order valence-electron chi connectivity index (χ4n) is 3.27. The molecule has 0 saturated carbocycles. The van der Waals surface area contributed by atoms with Gasteiger partial charge in [0.15, 0.2) is 0 Å². The minimum absolute atomic E-state index is 0.0384. The number of aromatic nitrogens is 2. The van der Waals surface area contributed by atoms with E-state index in [2.05, 4.69) is 27.2 Å². The van der Waals surface area contributed by atoms with E-state index in [1.54, 1.807) is 18.3 Å². The van der Waals surface area contributed by atoms with Gasteiger partial charge in [0, 0.05) is 35.3 Å². The standard InChI is InChI=1S/C20H22N4O2/c1-24-10-6-14(7-11-24)20(25)23-19-13-17(5-9-22-19)26-16-2-3-18-15(12-16)4-8-21-18/h2-5,8-9,12-14,21H,6-7,10-11H2,1H3,(H,22,23,25). The number of fused-ring (bicyclic) bond motifs is 1. The number of aromatic amines is 1. The summed E-state index contributed by atoms with van der Waals surface area (Å²) in [6.45, 7) is 1.91. The predicted molar refractivity (Wildman–Crippen MR) is 101 cm³/mol. The maximum atomic E-state index is 12.4. The Labute approximate surface area is 152 Å². The van der Waals surface area contributed by atoms with E-state index < -0.39 is 0 Å². The van der Waals surface area contributed by atoms with Gasteiger partial charge in [-0.2, -0.15) is 0 Å². The Morgan fingerprint density at radius 2 is 2.00 bits per heavy atom. The van der Waals surface area contributed by atoms with Gasteiger partial charge in [-0.05, 0) is 63.3 Å². The summed E-state index contributed by atoms with van der Waals surface area (Å²) in [6, 6.07) is 11.4. The molecule has 0 spiro atoms. The number of carbonyl (C=O) groups excluding carboxylic acids is 1. The van der Waals surface area contributed by atoms with Crippen LogP contribution in [0.2, 0.25) is 0 Å². The Bertz CT molecular complexity index is 913. The maximum absolute atomic E-state index is 12.4. The van der Waals surface area contributed by atoms with Gasteiger partial charge in [-0.3, -0.25) is 4.79 Å². The average Bonchev–Trinajstić information content (AvgIpc) is 3.10. The van der Waals surface area contributed by atoms with E-state index in [0.29, 0.717) is 11.6 Å². The number of anilines is 1. The third-order valence-electron chi connectivity index (χ3n) is 4.83. The molecule has 2 aromatic heterocycles. The van der Waals surface area contributed by atoms with Gasteiger partial charge in [0.25, 0.3) is 0 Å². The zero-order valence-corrected chi connectivity index (χ0v) is 14.7. The molecule has 26 heavy (non-hydrogen) atoms. The van der Waals surface area contributed by atoms with Crippen molar-refractivity contribution in [1.29, 1.82) is 0 Å². The number of carbonyl (C=O) groups is 1. The van der Waals surface area contributed by atoms with Gasteiger partial charge in [-0.25, -0.2) is 4.98 Å². The van der Waals surface area contributed by atoms with Gasteiger partial charge in [0.05, 0.1) is 0 Å². The van der Waals surface area contributed by atoms with Crippen LogP contribution in [-0.4, -0.2) is 40.9 Å². The summed E-state index contributed by atoms with van der Waals surface area (Å²) in [6.07, 6.45) is 5.32. The van der Waals surface area contributed by atoms with Gasteiger partial charge in [0.1, 0.15) is 17.3 Å². The summed E-state index contributed by atoms with van der Waals surface area (Å²) in [5, 5.41) is 4.01. The van der Waals surface area contributed by atoms with Gasteiger partial charge in [-0.15, -0.1) is 0 Å². The second-order valence-electron chi connectivity index (χ2n) is 6.77. The molecular formula is C20H22N4O2. The van der Waals surface area contributed by atoms with Crippen molar-refractivity contribution < 1.29 is 9.53 Å². The van der Waals surface area contributed by atoms with Crippen molar-refractivity contribution in [3.63, 3.8) is 0 Å². The first-order valence-electron chi connectivity index (χ1n) is 8.88. The highest BCUT2D eigenvalue weighted by Gasteiger charge is 2.23. The first kappa shape index (κ1) is 16.6. The highest BCUT2D eigenvalue weighted by Crippen LogP contribution is 2.26. The Hall–Kier alpha value is -2.86. The number of nitrogens with one attached hydrogen (secondary N) is 2. The molecule has 3 aromatic rings. The maximum Gasteiger partial charge on any atom is 0.228 e. The number of benzene rings is 1. The first-order chi connectivity index (χ1) is 12.7. The fraction of sp³-hybridized carbons (Fsp3) is 0.300. The fourth-order valence-corrected chi connectivity index (χ4v) is 3.27. The molecule has 3 heterocycles. The van der Waals surface area contributed by atoms with E-state index in [1.807, 2.05) is 30.5 Å². The summed E-state index contributed by atoms with van der Waals surface area (Å²) in [5.74, 6) is 2.00. The Balaban J connectivity index is 1.43. The summed E-state index contributed by atoms with van der Waals surface area (Å²) in [4.78, 5) is 22.1. The number of hydrogen-bond acceptors (Lipinski definition) is 4. The molecule has 0 unspecified atom stereocenters. The van der Waals surface area contributed by atoms with Crippen LogP contribution in [0.15, 0.2) is 48.8 Å². The van der Waals surface area contributed by atoms with E-state index in [1.165, 1.54) is 0 Å². The molecule has 1 aliphatic rings. The summed E-state index contributed by atoms with van der Waals surface area (Å²) < 4.78 is 5.93. The number of pyridine rings is 1. The predicted octanol–water partition coefficient (Wildman–Crippen LogP) is 3.64. The molecule has 6 nitrogen and oxygen atoms in total. The van der Waals surface area contributed by atoms with Gasteiger partial charge in [0.2, 0.25) is 5.91 Å². The number of likely N-dealkylation sites (tertiary alicyclic amines) is 1. The highest BCUT2D eigenvalue weighted by atomic mass is 16.5. The molecule has 0 aliphatic carbocycles. The lowest BCUT2D eigenvalue weighted by molar-refractivity contribution is -0.121. The smallest absolute Gasteiger partial charge is 0.228 e. The van der Waals surface area contributed by atoms with Crippen LogP contribution < -0.4 is 10.1 Å². The number of H-pyrrole nitrogens is 1. The zero-order valence-electron chi connectivity index (χ0n) is 14.7. The normalized spacial score (nSPS) is 15.9. The van der Waals surface area contributed by atoms with Crippen molar-refractivity contribution in [1.82, 2.24) is 14.9 Å². The molecule has 6 heteroatoms. The monoisotopic (exact) mass is 350 g/mol. The number of piperidine rings is 1. The van der Waals surface area contributed by atoms with Crippen molar-refractivity contribution in [2.75, 3.05) is 25.5 Å². The summed E-state index contributed by atoms with van der Waals surface area (Å²) in [5.41, 5.74) is 1.07. The van der Waals surface area contributed by atoms with E-state index in [-0.39, 0.29) is 11.8 Å². The minimum atomic E-state index is 0.0384. The van der Waals surface area contributed by atoms with Crippen LogP contribution in [0.4, 0.5) is 5.82 Å². The van der Waals surface area contributed by atoms with Crippen molar-refractivity contribution in [2.24, 2.45) is 5.92 Å². The molecule has 1 aliphatic heterocycles. The Morgan fingerprint density at radius 3 is 2.85 bits per heavy atom. The quantitative estimate of drug-likeness (QED) is 0.754. The van der Waals surface area contributed by atoms with E-state index in [0.717, 1.165) is 42.6 Å². The van der Waals surface area contributed by atoms with Crippen LogP contribution in [0.5, 0.6) is 11.5 Å². The molecule has 0 bridgehead atoms. The lowest BCUT2D eigenvalue weighted by Gasteiger charge is -2.27. The molecule has 1 fully saturated rings. The minimum Gasteiger partial charge on any atom is -0.457 e. The molecular weight excluding hydrogens is 328 g/mol. The highest BCUT2D eigenvalue weighted by molar-refractivity contribution is 5.91. The van der Waals surface area contributed by atoms with E-state index >= 15 is 0 Å². The molecule has 1 aromatic carbocycles. The number of ether oxygens (including phenoxy) is 1. The molecule has 1 saturated heterocycles. The van der Waals surface area contributed by atoms with Crippen LogP contribution in [0.3, 0.4) is 0 Å². The third kappa shape index (κ3) is 3.70. The van der Waals surface area contributed by atoms with Gasteiger partial charge >= 0.3 is 0 Å². The van der Waals surface area contributed by atoms with E-state index in [9.17, 15) is 4.79 Å². The lowest BCUT2D eigenvalue weighted by Crippen LogP contribution is -2.36. The summed E-state index contributed by atoms with van der Waals surface area (Å²) in [7, 11) is 2.08. The van der Waals surface area contributed by atoms with Crippen molar-refractivity contribution in [3.8, 4) is 11.5 Å². The van der Waals surface area contributed by atoms with Crippen LogP contribution in [-0.2, 0) is 4.79 Å². The molecule has 134 valence electrons. The van der Waals surface area contributed by atoms with Gasteiger partial charge < -0.3 is 19.9 Å². The molecule has 4 rings (SSSR count). The van der Waals surface area contributed by atoms with Crippen LogP contribution in [0, 0.1) is 5.92 Å². The van der Waals surface area contributed by atoms with Crippen molar-refractivity contribution >= 4 is 22.6 Å².